The molecule has 0 aromatic rings. The van der Waals surface area contributed by atoms with Gasteiger partial charge in [-0.1, -0.05) is 6.92 Å². The highest BCUT2D eigenvalue weighted by atomic mass is 15.1. The molecule has 1 aliphatic rings. The van der Waals surface area contributed by atoms with E-state index in [0.717, 1.165) is 6.04 Å². The maximum atomic E-state index is 4.01. The largest absolute Gasteiger partial charge is 0.465 e. The van der Waals surface area contributed by atoms with E-state index in [1.54, 1.807) is 0 Å². The average molecular weight is 113 g/mol. The first-order chi connectivity index (χ1) is 3.84. The van der Waals surface area contributed by atoms with Crippen LogP contribution in [0.1, 0.15) is 26.2 Å². The van der Waals surface area contributed by atoms with Crippen molar-refractivity contribution in [2.24, 2.45) is 0 Å². The summed E-state index contributed by atoms with van der Waals surface area (Å²) in [4.78, 5) is 1.49. The molecule has 2 atom stereocenters. The van der Waals surface area contributed by atoms with Gasteiger partial charge >= 0.3 is 0 Å². The van der Waals surface area contributed by atoms with Gasteiger partial charge in [-0.05, 0) is 12.8 Å². The summed E-state index contributed by atoms with van der Waals surface area (Å²) in [6, 6.07) is 0.870. The van der Waals surface area contributed by atoms with Gasteiger partial charge in [0.15, 0.2) is 0 Å². The molecule has 1 heterocycles. The van der Waals surface area contributed by atoms with Crippen LogP contribution in [-0.2, 0) is 0 Å². The third-order valence-electron chi connectivity index (χ3n) is 2.12. The molecule has 48 valence electrons. The van der Waals surface area contributed by atoms with Crippen LogP contribution >= 0.6 is 0 Å². The average Bonchev–Trinajstić information content (AvgIpc) is 2.14. The molecule has 0 saturated carbocycles. The molecule has 0 amide bonds. The highest BCUT2D eigenvalue weighted by Crippen LogP contribution is 2.01. The van der Waals surface area contributed by atoms with Crippen LogP contribution in [0.2, 0.25) is 0 Å². The summed E-state index contributed by atoms with van der Waals surface area (Å²) in [5.74, 6) is 0. The Morgan fingerprint density at radius 1 is 1.75 bits per heavy atom. The molecule has 0 aromatic carbocycles. The number of nitrogens with one attached hydrogen (secondary N) is 1. The zero-order chi connectivity index (χ0) is 5.98. The van der Waals surface area contributed by atoms with Crippen LogP contribution in [0.5, 0.6) is 0 Å². The third-order valence-corrected chi connectivity index (χ3v) is 2.12. The molecule has 0 bridgehead atoms. The van der Waals surface area contributed by atoms with Gasteiger partial charge in [-0.2, -0.15) is 7.05 Å². The maximum Gasteiger partial charge on any atom is 0.0634 e. The first-order valence-corrected chi connectivity index (χ1v) is 3.52. The lowest BCUT2D eigenvalue weighted by atomic mass is 10.2. The van der Waals surface area contributed by atoms with Gasteiger partial charge in [-0.3, -0.25) is 0 Å². The first kappa shape index (κ1) is 6.09. The summed E-state index contributed by atoms with van der Waals surface area (Å²) in [5.41, 5.74) is 0. The van der Waals surface area contributed by atoms with Crippen molar-refractivity contribution in [3.8, 4) is 0 Å². The second kappa shape index (κ2) is 2.49. The van der Waals surface area contributed by atoms with Crippen molar-refractivity contribution in [2.45, 2.75) is 32.2 Å². The predicted molar refractivity (Wildman–Crippen MR) is 34.5 cm³/mol. The van der Waals surface area contributed by atoms with Crippen LogP contribution in [0.3, 0.4) is 0 Å². The second-order valence-electron chi connectivity index (χ2n) is 2.66. The summed E-state index contributed by atoms with van der Waals surface area (Å²) in [7, 11) is 4.01. The van der Waals surface area contributed by atoms with E-state index in [9.17, 15) is 0 Å². The second-order valence-corrected chi connectivity index (χ2v) is 2.66. The lowest BCUT2D eigenvalue weighted by Gasteiger charge is -2.21. The molecule has 1 saturated heterocycles. The van der Waals surface area contributed by atoms with Gasteiger partial charge < -0.3 is 4.90 Å². The molecule has 1 rings (SSSR count). The van der Waals surface area contributed by atoms with Gasteiger partial charge in [0.1, 0.15) is 0 Å². The van der Waals surface area contributed by atoms with Crippen molar-refractivity contribution in [3.63, 3.8) is 0 Å². The van der Waals surface area contributed by atoms with Crippen molar-refractivity contribution in [1.82, 2.24) is 0 Å². The number of hydrogen-bond donors (Lipinski definition) is 1. The molecule has 1 unspecified atom stereocenters. The Morgan fingerprint density at radius 3 is 2.75 bits per heavy atom. The van der Waals surface area contributed by atoms with E-state index >= 15 is 0 Å². The fourth-order valence-corrected chi connectivity index (χ4v) is 1.48. The third kappa shape index (κ3) is 1.03. The van der Waals surface area contributed by atoms with Crippen molar-refractivity contribution in [1.29, 1.82) is 0 Å². The van der Waals surface area contributed by atoms with Crippen LogP contribution in [0.25, 0.3) is 0 Å². The molecule has 0 spiro atoms. The van der Waals surface area contributed by atoms with E-state index in [4.69, 9.17) is 0 Å². The Bertz CT molecular complexity index is 70.8. The summed E-state index contributed by atoms with van der Waals surface area (Å²) in [5, 5.41) is 0. The summed E-state index contributed by atoms with van der Waals surface area (Å²) < 4.78 is 0. The van der Waals surface area contributed by atoms with Gasteiger partial charge in [0, 0.05) is 6.42 Å². The smallest absolute Gasteiger partial charge is 0.0634 e. The Morgan fingerprint density at radius 2 is 2.50 bits per heavy atom. The topological polar surface area (TPSA) is 4.44 Å². The molecule has 1 aliphatic heterocycles. The van der Waals surface area contributed by atoms with E-state index in [2.05, 4.69) is 14.0 Å². The summed E-state index contributed by atoms with van der Waals surface area (Å²) in [6.07, 6.45) is 4.09. The quantitative estimate of drug-likeness (QED) is 0.464. The zero-order valence-corrected chi connectivity index (χ0v) is 5.61. The standard InChI is InChI=1S/C7H15N/c1-3-7-5-4-6-8(7)2/h7-8H,2-6H2,1H3/t7-/m0/s1. The lowest BCUT2D eigenvalue weighted by Crippen LogP contribution is -3.08. The molecule has 1 fully saturated rings. The molecule has 0 radical (unpaired) electrons. The van der Waals surface area contributed by atoms with Crippen LogP contribution < -0.4 is 4.90 Å². The molecule has 1 N–H and O–H groups in total. The molecular formula is C7H15N. The Labute approximate surface area is 51.7 Å². The van der Waals surface area contributed by atoms with Crippen molar-refractivity contribution >= 4 is 0 Å². The maximum absolute atomic E-state index is 4.01. The number of quaternary nitrogens is 1. The lowest BCUT2D eigenvalue weighted by molar-refractivity contribution is -0.866. The van der Waals surface area contributed by atoms with Crippen LogP contribution in [0.15, 0.2) is 0 Å². The minimum Gasteiger partial charge on any atom is -0.465 e. The van der Waals surface area contributed by atoms with E-state index in [1.165, 1.54) is 30.7 Å². The highest BCUT2D eigenvalue weighted by Gasteiger charge is 2.17. The minimum absolute atomic E-state index is 0.870. The molecule has 1 nitrogen and oxygen atoms in total. The first-order valence-electron chi connectivity index (χ1n) is 3.52. The molecule has 0 aliphatic carbocycles. The van der Waals surface area contributed by atoms with Gasteiger partial charge in [-0.25, -0.2) is 0 Å². The molecule has 1 heteroatoms. The Balaban J connectivity index is 2.30. The van der Waals surface area contributed by atoms with Crippen molar-refractivity contribution in [3.05, 3.63) is 7.05 Å². The van der Waals surface area contributed by atoms with Crippen LogP contribution in [0, 0.1) is 7.05 Å². The van der Waals surface area contributed by atoms with Gasteiger partial charge in [0.05, 0.1) is 12.6 Å². The van der Waals surface area contributed by atoms with E-state index in [0.29, 0.717) is 0 Å². The Hall–Kier alpha value is -0.0400. The number of rotatable bonds is 1. The van der Waals surface area contributed by atoms with E-state index in [1.807, 2.05) is 0 Å². The highest BCUT2D eigenvalue weighted by molar-refractivity contribution is 4.58. The van der Waals surface area contributed by atoms with E-state index < -0.39 is 0 Å². The molecular weight excluding hydrogens is 98.1 g/mol. The van der Waals surface area contributed by atoms with Crippen molar-refractivity contribution < 1.29 is 4.90 Å². The van der Waals surface area contributed by atoms with Gasteiger partial charge in [0.2, 0.25) is 0 Å². The number of hydrogen-bond acceptors (Lipinski definition) is 0. The monoisotopic (exact) mass is 113 g/mol. The Kier molecular flexibility index (Phi) is 1.90. The predicted octanol–water partition coefficient (Wildman–Crippen LogP) is 0.235. The normalized spacial score (nSPS) is 38.2. The molecule has 0 aromatic heterocycles. The van der Waals surface area contributed by atoms with Gasteiger partial charge in [0.25, 0.3) is 0 Å². The summed E-state index contributed by atoms with van der Waals surface area (Å²) >= 11 is 0. The fraction of sp³-hybridized carbons (Fsp3) is 0.857. The minimum atomic E-state index is 0.870. The van der Waals surface area contributed by atoms with Crippen molar-refractivity contribution in [2.75, 3.05) is 6.54 Å². The van der Waals surface area contributed by atoms with Crippen LogP contribution in [0.4, 0.5) is 0 Å². The zero-order valence-electron chi connectivity index (χ0n) is 5.61. The SMILES string of the molecule is [CH2-][NH+]1CCC[C@@H]1CC. The number of likely N-dealkylation sites (tertiary alicyclic amines) is 1. The van der Waals surface area contributed by atoms with Gasteiger partial charge in [-0.15, -0.1) is 0 Å². The van der Waals surface area contributed by atoms with Crippen LogP contribution in [-0.4, -0.2) is 12.6 Å². The fourth-order valence-electron chi connectivity index (χ4n) is 1.48. The molecule has 8 heavy (non-hydrogen) atoms. The summed E-state index contributed by atoms with van der Waals surface area (Å²) in [6.45, 7) is 3.54. The van der Waals surface area contributed by atoms with E-state index in [-0.39, 0.29) is 0 Å².